The quantitative estimate of drug-likeness (QED) is 0.729. The van der Waals surface area contributed by atoms with Crippen molar-refractivity contribution in [1.29, 1.82) is 0 Å². The van der Waals surface area contributed by atoms with E-state index >= 15 is 0 Å². The van der Waals surface area contributed by atoms with Crippen molar-refractivity contribution in [3.63, 3.8) is 0 Å². The van der Waals surface area contributed by atoms with Crippen LogP contribution in [0.4, 0.5) is 0 Å². The Hall–Kier alpha value is -0.930. The Morgan fingerprint density at radius 3 is 2.61 bits per heavy atom. The van der Waals surface area contributed by atoms with E-state index in [1.54, 1.807) is 11.5 Å². The number of aliphatic hydroxyl groups is 1. The van der Waals surface area contributed by atoms with E-state index in [1.165, 1.54) is 12.8 Å². The SMILES string of the molecule is CCCCCC[C@@H](O)/C=C\S(=O)c1ccccc1. The summed E-state index contributed by atoms with van der Waals surface area (Å²) >= 11 is 0. The number of unbranched alkanes of at least 4 members (excludes halogenated alkanes) is 3. The highest BCUT2D eigenvalue weighted by Crippen LogP contribution is 2.09. The molecule has 1 rings (SSSR count). The third-order valence-electron chi connectivity index (χ3n) is 2.75. The van der Waals surface area contributed by atoms with E-state index in [9.17, 15) is 9.32 Å². The van der Waals surface area contributed by atoms with Crippen molar-refractivity contribution in [3.05, 3.63) is 41.8 Å². The van der Waals surface area contributed by atoms with E-state index in [0.29, 0.717) is 0 Å². The molecule has 1 unspecified atom stereocenters. The molecule has 0 saturated carbocycles. The largest absolute Gasteiger partial charge is 0.389 e. The highest BCUT2D eigenvalue weighted by molar-refractivity contribution is 7.88. The molecule has 1 aromatic rings. The van der Waals surface area contributed by atoms with Gasteiger partial charge in [0.25, 0.3) is 0 Å². The fourth-order valence-corrected chi connectivity index (χ4v) is 2.58. The summed E-state index contributed by atoms with van der Waals surface area (Å²) in [6, 6.07) is 9.28. The molecule has 3 heteroatoms. The molecule has 18 heavy (non-hydrogen) atoms. The lowest BCUT2D eigenvalue weighted by atomic mass is 10.1. The maximum absolute atomic E-state index is 11.8. The minimum absolute atomic E-state index is 0.477. The average molecular weight is 266 g/mol. The van der Waals surface area contributed by atoms with E-state index in [4.69, 9.17) is 0 Å². The second-order valence-corrected chi connectivity index (χ2v) is 5.69. The van der Waals surface area contributed by atoms with Crippen molar-refractivity contribution in [2.45, 2.75) is 50.0 Å². The van der Waals surface area contributed by atoms with Crippen molar-refractivity contribution < 1.29 is 9.32 Å². The van der Waals surface area contributed by atoms with E-state index in [1.807, 2.05) is 30.3 Å². The molecule has 0 aromatic heterocycles. The van der Waals surface area contributed by atoms with Gasteiger partial charge in [0.2, 0.25) is 0 Å². The molecule has 0 bridgehead atoms. The van der Waals surface area contributed by atoms with Crippen LogP contribution in [0.1, 0.15) is 39.0 Å². The average Bonchev–Trinajstić information content (AvgIpc) is 2.42. The molecule has 2 nitrogen and oxygen atoms in total. The fourth-order valence-electron chi connectivity index (χ4n) is 1.67. The minimum Gasteiger partial charge on any atom is -0.389 e. The van der Waals surface area contributed by atoms with Crippen LogP contribution in [-0.2, 0) is 10.8 Å². The third kappa shape index (κ3) is 6.12. The van der Waals surface area contributed by atoms with Gasteiger partial charge in [-0.15, -0.1) is 0 Å². The van der Waals surface area contributed by atoms with Gasteiger partial charge in [-0.25, -0.2) is 4.21 Å². The Labute approximate surface area is 112 Å². The Balaban J connectivity index is 2.33. The first kappa shape index (κ1) is 15.1. The summed E-state index contributed by atoms with van der Waals surface area (Å²) in [4.78, 5) is 0.770. The van der Waals surface area contributed by atoms with Crippen LogP contribution >= 0.6 is 0 Å². The van der Waals surface area contributed by atoms with Gasteiger partial charge in [0.15, 0.2) is 0 Å². The summed E-state index contributed by atoms with van der Waals surface area (Å²) in [5, 5.41) is 11.3. The highest BCUT2D eigenvalue weighted by atomic mass is 32.2. The molecule has 0 aliphatic rings. The number of aliphatic hydroxyl groups excluding tert-OH is 1. The summed E-state index contributed by atoms with van der Waals surface area (Å²) in [5.41, 5.74) is 0. The lowest BCUT2D eigenvalue weighted by Crippen LogP contribution is -2.02. The van der Waals surface area contributed by atoms with E-state index < -0.39 is 16.9 Å². The Morgan fingerprint density at radius 2 is 1.94 bits per heavy atom. The summed E-state index contributed by atoms with van der Waals surface area (Å²) in [7, 11) is -1.15. The molecule has 0 fully saturated rings. The number of hydrogen-bond acceptors (Lipinski definition) is 2. The number of hydrogen-bond donors (Lipinski definition) is 1. The smallest absolute Gasteiger partial charge is 0.0773 e. The van der Waals surface area contributed by atoms with E-state index in [2.05, 4.69) is 6.92 Å². The van der Waals surface area contributed by atoms with Crippen molar-refractivity contribution in [2.75, 3.05) is 0 Å². The molecule has 0 heterocycles. The molecule has 0 aliphatic carbocycles. The minimum atomic E-state index is -1.15. The molecular weight excluding hydrogens is 244 g/mol. The first-order valence-corrected chi connectivity index (χ1v) is 7.77. The van der Waals surface area contributed by atoms with Crippen molar-refractivity contribution in [3.8, 4) is 0 Å². The zero-order chi connectivity index (χ0) is 13.2. The number of rotatable bonds is 8. The van der Waals surface area contributed by atoms with Gasteiger partial charge < -0.3 is 5.11 Å². The summed E-state index contributed by atoms with van der Waals surface area (Å²) < 4.78 is 11.8. The van der Waals surface area contributed by atoms with Gasteiger partial charge in [0.1, 0.15) is 0 Å². The van der Waals surface area contributed by atoms with Crippen LogP contribution < -0.4 is 0 Å². The van der Waals surface area contributed by atoms with Crippen molar-refractivity contribution in [1.82, 2.24) is 0 Å². The predicted molar refractivity (Wildman–Crippen MR) is 76.8 cm³/mol. The molecule has 0 aliphatic heterocycles. The van der Waals surface area contributed by atoms with Gasteiger partial charge in [-0.2, -0.15) is 0 Å². The lowest BCUT2D eigenvalue weighted by molar-refractivity contribution is 0.208. The Kier molecular flexibility index (Phi) is 7.62. The topological polar surface area (TPSA) is 37.3 Å². The second-order valence-electron chi connectivity index (χ2n) is 4.36. The van der Waals surface area contributed by atoms with E-state index in [-0.39, 0.29) is 0 Å². The maximum atomic E-state index is 11.8. The van der Waals surface area contributed by atoms with Gasteiger partial charge in [-0.1, -0.05) is 50.8 Å². The maximum Gasteiger partial charge on any atom is 0.0773 e. The summed E-state index contributed by atoms with van der Waals surface area (Å²) in [5.74, 6) is 0. The van der Waals surface area contributed by atoms with Crippen LogP contribution in [0.25, 0.3) is 0 Å². The molecule has 1 aromatic carbocycles. The first-order valence-electron chi connectivity index (χ1n) is 6.56. The van der Waals surface area contributed by atoms with Gasteiger partial charge in [0.05, 0.1) is 16.9 Å². The van der Waals surface area contributed by atoms with Gasteiger partial charge in [-0.3, -0.25) is 0 Å². The first-order chi connectivity index (χ1) is 8.74. The molecule has 0 saturated heterocycles. The molecule has 0 amide bonds. The normalized spacial score (nSPS) is 14.8. The zero-order valence-corrected chi connectivity index (χ0v) is 11.7. The fraction of sp³-hybridized carbons (Fsp3) is 0.467. The Morgan fingerprint density at radius 1 is 1.22 bits per heavy atom. The molecule has 2 atom stereocenters. The third-order valence-corrected chi connectivity index (χ3v) is 3.89. The van der Waals surface area contributed by atoms with Crippen LogP contribution in [0.3, 0.4) is 0 Å². The van der Waals surface area contributed by atoms with Crippen LogP contribution in [0, 0.1) is 0 Å². The van der Waals surface area contributed by atoms with E-state index in [0.717, 1.165) is 24.2 Å². The van der Waals surface area contributed by atoms with Gasteiger partial charge >= 0.3 is 0 Å². The zero-order valence-electron chi connectivity index (χ0n) is 10.9. The molecule has 100 valence electrons. The summed E-state index contributed by atoms with van der Waals surface area (Å²) in [6.07, 6.45) is 6.52. The van der Waals surface area contributed by atoms with Crippen LogP contribution in [0.2, 0.25) is 0 Å². The number of benzene rings is 1. The Bertz CT molecular complexity index is 373. The lowest BCUT2D eigenvalue weighted by Gasteiger charge is -2.04. The van der Waals surface area contributed by atoms with Crippen LogP contribution in [0.5, 0.6) is 0 Å². The van der Waals surface area contributed by atoms with Crippen LogP contribution in [0.15, 0.2) is 46.7 Å². The molecule has 1 N–H and O–H groups in total. The van der Waals surface area contributed by atoms with Gasteiger partial charge in [0, 0.05) is 10.3 Å². The molecular formula is C15H22O2S. The standard InChI is InChI=1S/C15H22O2S/c1-2-3-4-6-9-14(16)12-13-18(17)15-10-7-5-8-11-15/h5,7-8,10-14,16H,2-4,6,9H2,1H3/b13-12-/t14-,18?/m1/s1. The van der Waals surface area contributed by atoms with Crippen LogP contribution in [-0.4, -0.2) is 15.4 Å². The summed E-state index contributed by atoms with van der Waals surface area (Å²) in [6.45, 7) is 2.17. The molecule has 0 spiro atoms. The van der Waals surface area contributed by atoms with Gasteiger partial charge in [-0.05, 0) is 24.6 Å². The predicted octanol–water partition coefficient (Wildman–Crippen LogP) is 3.64. The highest BCUT2D eigenvalue weighted by Gasteiger charge is 2.01. The van der Waals surface area contributed by atoms with Crippen molar-refractivity contribution in [2.24, 2.45) is 0 Å². The molecule has 0 radical (unpaired) electrons. The van der Waals surface area contributed by atoms with Crippen molar-refractivity contribution >= 4 is 10.8 Å². The monoisotopic (exact) mass is 266 g/mol. The second kappa shape index (κ2) is 9.06.